The van der Waals surface area contributed by atoms with Crippen molar-refractivity contribution in [2.75, 3.05) is 6.54 Å². The number of unbranched alkanes of at least 4 members (excludes halogenated alkanes) is 10. The minimum absolute atomic E-state index is 0.485. The summed E-state index contributed by atoms with van der Waals surface area (Å²) in [5.41, 5.74) is 1.39. The summed E-state index contributed by atoms with van der Waals surface area (Å²) < 4.78 is 0. The van der Waals surface area contributed by atoms with Crippen LogP contribution < -0.4 is 0 Å². The number of rotatable bonds is 14. The molecule has 0 N–H and O–H groups in total. The standard InChI is InChI=1S/C24H40N2/c1-3-4-5-6-7-8-9-10-11-12-16-19-25-20-21-26(23(25)2)22-24-17-14-13-15-18-24/h13-15,17-18,20-21,23H,3-12,16,19,22H2,1-2H3. The third-order valence-corrected chi connectivity index (χ3v) is 5.64. The first kappa shape index (κ1) is 20.9. The van der Waals surface area contributed by atoms with Gasteiger partial charge in [0, 0.05) is 25.5 Å². The Kier molecular flexibility index (Phi) is 10.3. The molecule has 1 unspecified atom stereocenters. The summed E-state index contributed by atoms with van der Waals surface area (Å²) in [4.78, 5) is 4.94. The molecule has 1 aliphatic rings. The lowest BCUT2D eigenvalue weighted by atomic mass is 10.1. The van der Waals surface area contributed by atoms with E-state index in [0.717, 1.165) is 6.54 Å². The van der Waals surface area contributed by atoms with E-state index in [9.17, 15) is 0 Å². The molecule has 0 saturated heterocycles. The van der Waals surface area contributed by atoms with Gasteiger partial charge in [0.1, 0.15) is 0 Å². The van der Waals surface area contributed by atoms with E-state index in [-0.39, 0.29) is 0 Å². The third-order valence-electron chi connectivity index (χ3n) is 5.64. The molecule has 0 spiro atoms. The van der Waals surface area contributed by atoms with E-state index in [4.69, 9.17) is 0 Å². The molecule has 0 aromatic heterocycles. The number of benzene rings is 1. The summed E-state index contributed by atoms with van der Waals surface area (Å²) in [6.45, 7) is 6.81. The molecule has 1 aromatic rings. The van der Waals surface area contributed by atoms with Crippen LogP contribution in [0.5, 0.6) is 0 Å². The molecule has 0 aliphatic carbocycles. The predicted molar refractivity (Wildman–Crippen MR) is 114 cm³/mol. The maximum absolute atomic E-state index is 2.50. The fourth-order valence-electron chi connectivity index (χ4n) is 3.81. The molecule has 0 bridgehead atoms. The average Bonchev–Trinajstić information content (AvgIpc) is 3.00. The van der Waals surface area contributed by atoms with Crippen LogP contribution in [0.15, 0.2) is 42.7 Å². The van der Waals surface area contributed by atoms with Gasteiger partial charge < -0.3 is 9.80 Å². The van der Waals surface area contributed by atoms with E-state index in [0.29, 0.717) is 6.17 Å². The molecular weight excluding hydrogens is 316 g/mol. The van der Waals surface area contributed by atoms with Gasteiger partial charge in [-0.3, -0.25) is 0 Å². The Morgan fingerprint density at radius 2 is 1.23 bits per heavy atom. The first-order valence-corrected chi connectivity index (χ1v) is 11.0. The van der Waals surface area contributed by atoms with Gasteiger partial charge in [-0.1, -0.05) is 101 Å². The highest BCUT2D eigenvalue weighted by molar-refractivity contribution is 5.15. The van der Waals surface area contributed by atoms with Gasteiger partial charge in [-0.05, 0) is 18.9 Å². The van der Waals surface area contributed by atoms with E-state index in [1.807, 2.05) is 0 Å². The molecule has 1 heterocycles. The smallest absolute Gasteiger partial charge is 0.0981 e. The maximum atomic E-state index is 2.50. The Morgan fingerprint density at radius 1 is 0.692 bits per heavy atom. The van der Waals surface area contributed by atoms with E-state index in [1.54, 1.807) is 0 Å². The molecular formula is C24H40N2. The minimum Gasteiger partial charge on any atom is -0.356 e. The highest BCUT2D eigenvalue weighted by Gasteiger charge is 2.21. The Hall–Kier alpha value is -1.44. The molecule has 0 fully saturated rings. The summed E-state index contributed by atoms with van der Waals surface area (Å²) in [5, 5.41) is 0. The van der Waals surface area contributed by atoms with Crippen LogP contribution >= 0.6 is 0 Å². The normalized spacial score (nSPS) is 16.6. The highest BCUT2D eigenvalue weighted by atomic mass is 15.4. The van der Waals surface area contributed by atoms with Crippen molar-refractivity contribution in [3.8, 4) is 0 Å². The molecule has 2 rings (SSSR count). The van der Waals surface area contributed by atoms with Crippen molar-refractivity contribution in [3.63, 3.8) is 0 Å². The van der Waals surface area contributed by atoms with Crippen LogP contribution in [0.3, 0.4) is 0 Å². The molecule has 146 valence electrons. The van der Waals surface area contributed by atoms with Crippen LogP contribution in [0.1, 0.15) is 90.0 Å². The van der Waals surface area contributed by atoms with Gasteiger partial charge in [0.25, 0.3) is 0 Å². The Labute approximate surface area is 162 Å². The van der Waals surface area contributed by atoms with E-state index >= 15 is 0 Å². The van der Waals surface area contributed by atoms with Crippen LogP contribution in [-0.4, -0.2) is 22.5 Å². The molecule has 2 heteroatoms. The fourth-order valence-corrected chi connectivity index (χ4v) is 3.81. The third kappa shape index (κ3) is 7.85. The second kappa shape index (κ2) is 12.8. The topological polar surface area (TPSA) is 6.48 Å². The lowest BCUT2D eigenvalue weighted by Crippen LogP contribution is -2.36. The van der Waals surface area contributed by atoms with E-state index in [2.05, 4.69) is 66.4 Å². The monoisotopic (exact) mass is 356 g/mol. The molecule has 1 aliphatic heterocycles. The zero-order chi connectivity index (χ0) is 18.5. The molecule has 0 saturated carbocycles. The van der Waals surface area contributed by atoms with Gasteiger partial charge in [0.15, 0.2) is 0 Å². The fraction of sp³-hybridized carbons (Fsp3) is 0.667. The van der Waals surface area contributed by atoms with Gasteiger partial charge in [-0.2, -0.15) is 0 Å². The Bertz CT molecular complexity index is 482. The average molecular weight is 357 g/mol. The molecule has 1 aromatic carbocycles. The summed E-state index contributed by atoms with van der Waals surface area (Å²) in [5.74, 6) is 0. The van der Waals surface area contributed by atoms with Crippen LogP contribution in [0, 0.1) is 0 Å². The van der Waals surface area contributed by atoms with Crippen LogP contribution in [0.25, 0.3) is 0 Å². The lowest BCUT2D eigenvalue weighted by molar-refractivity contribution is 0.162. The SMILES string of the molecule is CCCCCCCCCCCCCN1C=CN(Cc2ccccc2)C1C. The molecule has 0 amide bonds. The molecule has 1 atom stereocenters. The van der Waals surface area contributed by atoms with E-state index in [1.165, 1.54) is 82.7 Å². The second-order valence-electron chi connectivity index (χ2n) is 7.86. The van der Waals surface area contributed by atoms with Crippen molar-refractivity contribution in [2.24, 2.45) is 0 Å². The highest BCUT2D eigenvalue weighted by Crippen LogP contribution is 2.19. The Balaban J connectivity index is 1.47. The van der Waals surface area contributed by atoms with Crippen molar-refractivity contribution in [3.05, 3.63) is 48.3 Å². The van der Waals surface area contributed by atoms with Gasteiger partial charge in [0.2, 0.25) is 0 Å². The van der Waals surface area contributed by atoms with E-state index < -0.39 is 0 Å². The zero-order valence-corrected chi connectivity index (χ0v) is 17.2. The molecule has 2 nitrogen and oxygen atoms in total. The van der Waals surface area contributed by atoms with Crippen molar-refractivity contribution in [1.29, 1.82) is 0 Å². The molecule has 0 radical (unpaired) electrons. The zero-order valence-electron chi connectivity index (χ0n) is 17.2. The van der Waals surface area contributed by atoms with Crippen molar-refractivity contribution in [1.82, 2.24) is 9.80 Å². The number of hydrogen-bond donors (Lipinski definition) is 0. The van der Waals surface area contributed by atoms with Crippen LogP contribution in [-0.2, 0) is 6.54 Å². The largest absolute Gasteiger partial charge is 0.356 e. The van der Waals surface area contributed by atoms with Crippen LogP contribution in [0.4, 0.5) is 0 Å². The maximum Gasteiger partial charge on any atom is 0.0981 e. The lowest BCUT2D eigenvalue weighted by Gasteiger charge is -2.30. The van der Waals surface area contributed by atoms with Gasteiger partial charge in [-0.15, -0.1) is 0 Å². The first-order valence-electron chi connectivity index (χ1n) is 11.0. The molecule has 26 heavy (non-hydrogen) atoms. The van der Waals surface area contributed by atoms with Gasteiger partial charge in [0.05, 0.1) is 6.17 Å². The summed E-state index contributed by atoms with van der Waals surface area (Å²) in [7, 11) is 0. The number of nitrogens with zero attached hydrogens (tertiary/aromatic N) is 2. The van der Waals surface area contributed by atoms with Gasteiger partial charge in [-0.25, -0.2) is 0 Å². The number of hydrogen-bond acceptors (Lipinski definition) is 2. The van der Waals surface area contributed by atoms with Crippen LogP contribution in [0.2, 0.25) is 0 Å². The minimum atomic E-state index is 0.485. The van der Waals surface area contributed by atoms with Gasteiger partial charge >= 0.3 is 0 Å². The predicted octanol–water partition coefficient (Wildman–Crippen LogP) is 6.93. The van der Waals surface area contributed by atoms with Crippen molar-refractivity contribution < 1.29 is 0 Å². The quantitative estimate of drug-likeness (QED) is 0.333. The second-order valence-corrected chi connectivity index (χ2v) is 7.86. The first-order chi connectivity index (χ1) is 12.8. The Morgan fingerprint density at radius 3 is 1.85 bits per heavy atom. The van der Waals surface area contributed by atoms with Crippen molar-refractivity contribution >= 4 is 0 Å². The summed E-state index contributed by atoms with van der Waals surface area (Å²) >= 11 is 0. The summed E-state index contributed by atoms with van der Waals surface area (Å²) in [6, 6.07) is 10.8. The van der Waals surface area contributed by atoms with Crippen molar-refractivity contribution in [2.45, 2.75) is 97.2 Å². The summed E-state index contributed by atoms with van der Waals surface area (Å²) in [6.07, 6.45) is 20.6.